The van der Waals surface area contributed by atoms with Crippen LogP contribution in [0.3, 0.4) is 0 Å². The number of anilines is 1. The summed E-state index contributed by atoms with van der Waals surface area (Å²) < 4.78 is 27.0. The van der Waals surface area contributed by atoms with Crippen molar-refractivity contribution in [2.45, 2.75) is 18.2 Å². The number of amides is 1. The molecule has 31 heavy (non-hydrogen) atoms. The van der Waals surface area contributed by atoms with Gasteiger partial charge in [0.2, 0.25) is 15.9 Å². The number of carbonyl (C=O) groups excluding carboxylic acids is 1. The maximum Gasteiger partial charge on any atom is 0.242 e. The van der Waals surface area contributed by atoms with E-state index >= 15 is 0 Å². The monoisotopic (exact) mass is 474 g/mol. The molecule has 2 aromatic heterocycles. The Morgan fingerprint density at radius 3 is 2.71 bits per heavy atom. The van der Waals surface area contributed by atoms with E-state index in [9.17, 15) is 13.2 Å². The number of thiazole rings is 1. The fourth-order valence-corrected chi connectivity index (χ4v) is 5.54. The maximum absolute atomic E-state index is 12.3. The molecule has 0 unspecified atom stereocenters. The van der Waals surface area contributed by atoms with Crippen LogP contribution in [0.25, 0.3) is 22.2 Å². The first-order chi connectivity index (χ1) is 14.8. The molecule has 160 valence electrons. The van der Waals surface area contributed by atoms with Gasteiger partial charge in [0.25, 0.3) is 0 Å². The molecule has 0 fully saturated rings. The first-order valence-electron chi connectivity index (χ1n) is 9.42. The smallest absolute Gasteiger partial charge is 0.242 e. The zero-order chi connectivity index (χ0) is 22.0. The molecular weight excluding hydrogens is 456 g/mol. The van der Waals surface area contributed by atoms with Crippen molar-refractivity contribution in [2.24, 2.45) is 0 Å². The van der Waals surface area contributed by atoms with E-state index in [0.717, 1.165) is 27.9 Å². The largest absolute Gasteiger partial charge is 0.358 e. The van der Waals surface area contributed by atoms with Gasteiger partial charge in [0.05, 0.1) is 10.7 Å². The molecule has 0 aliphatic rings. The van der Waals surface area contributed by atoms with Gasteiger partial charge in [-0.25, -0.2) is 18.1 Å². The lowest BCUT2D eigenvalue weighted by molar-refractivity contribution is -0.116. The molecule has 2 aromatic carbocycles. The van der Waals surface area contributed by atoms with Crippen molar-refractivity contribution in [3.05, 3.63) is 64.6 Å². The number of H-pyrrole nitrogens is 1. The second-order valence-corrected chi connectivity index (χ2v) is 9.84. The van der Waals surface area contributed by atoms with Gasteiger partial charge < -0.3 is 10.3 Å². The zero-order valence-corrected chi connectivity index (χ0v) is 18.9. The summed E-state index contributed by atoms with van der Waals surface area (Å²) in [6, 6.07) is 14.1. The van der Waals surface area contributed by atoms with E-state index in [4.69, 9.17) is 11.6 Å². The quantitative estimate of drug-likeness (QED) is 0.365. The fraction of sp³-hybridized carbons (Fsp3) is 0.143. The number of carbonyl (C=O) groups is 1. The van der Waals surface area contributed by atoms with Gasteiger partial charge in [0, 0.05) is 40.5 Å². The minimum atomic E-state index is -3.79. The van der Waals surface area contributed by atoms with E-state index in [1.54, 1.807) is 12.1 Å². The zero-order valence-electron chi connectivity index (χ0n) is 16.5. The Balaban J connectivity index is 1.38. The van der Waals surface area contributed by atoms with Crippen molar-refractivity contribution in [1.29, 1.82) is 0 Å². The highest BCUT2D eigenvalue weighted by molar-refractivity contribution is 7.89. The minimum absolute atomic E-state index is 0.0178. The number of nitrogens with zero attached hydrogens (tertiary/aromatic N) is 1. The molecule has 4 rings (SSSR count). The van der Waals surface area contributed by atoms with Gasteiger partial charge in [-0.15, -0.1) is 11.3 Å². The Kier molecular flexibility index (Phi) is 6.10. The molecule has 2 heterocycles. The van der Waals surface area contributed by atoms with Crippen LogP contribution in [0.1, 0.15) is 12.1 Å². The van der Waals surface area contributed by atoms with Crippen LogP contribution in [0.2, 0.25) is 5.02 Å². The van der Waals surface area contributed by atoms with E-state index in [0.29, 0.717) is 5.13 Å². The highest BCUT2D eigenvalue weighted by Gasteiger charge is 2.18. The van der Waals surface area contributed by atoms with Gasteiger partial charge in [0.1, 0.15) is 4.90 Å². The van der Waals surface area contributed by atoms with Crippen molar-refractivity contribution in [3.8, 4) is 11.3 Å². The molecule has 0 radical (unpaired) electrons. The lowest BCUT2D eigenvalue weighted by Crippen LogP contribution is -2.28. The molecule has 0 aliphatic heterocycles. The normalized spacial score (nSPS) is 11.7. The summed E-state index contributed by atoms with van der Waals surface area (Å²) in [4.78, 5) is 20.1. The average molecular weight is 475 g/mol. The molecule has 4 aromatic rings. The van der Waals surface area contributed by atoms with Crippen LogP contribution < -0.4 is 10.0 Å². The van der Waals surface area contributed by atoms with Crippen LogP contribution in [-0.4, -0.2) is 30.8 Å². The van der Waals surface area contributed by atoms with Crippen LogP contribution in [0.15, 0.2) is 58.8 Å². The molecule has 3 N–H and O–H groups in total. The fourth-order valence-electron chi connectivity index (χ4n) is 3.27. The Bertz CT molecular complexity index is 1360. The maximum atomic E-state index is 12.3. The molecule has 7 nitrogen and oxygen atoms in total. The lowest BCUT2D eigenvalue weighted by atomic mass is 10.1. The van der Waals surface area contributed by atoms with Crippen LogP contribution in [0, 0.1) is 6.92 Å². The minimum Gasteiger partial charge on any atom is -0.358 e. The predicted octanol–water partition coefficient (Wildman–Crippen LogP) is 4.56. The Labute approximate surface area is 188 Å². The third-order valence-corrected chi connectivity index (χ3v) is 7.39. The molecule has 0 atom stereocenters. The summed E-state index contributed by atoms with van der Waals surface area (Å²) in [7, 11) is -3.79. The summed E-state index contributed by atoms with van der Waals surface area (Å²) in [6.45, 7) is 1.93. The van der Waals surface area contributed by atoms with E-state index in [1.165, 1.54) is 23.5 Å². The van der Waals surface area contributed by atoms with Crippen LogP contribution in [-0.2, 0) is 14.8 Å². The molecule has 1 amide bonds. The SMILES string of the molecule is Cc1[nH]c2ccccc2c1-c1csc(NC(=O)CCNS(=O)(=O)c2ccccc2Cl)n1. The number of hydrogen-bond acceptors (Lipinski definition) is 5. The van der Waals surface area contributed by atoms with Gasteiger partial charge in [-0.2, -0.15) is 0 Å². The molecule has 0 saturated heterocycles. The third kappa shape index (κ3) is 4.64. The topological polar surface area (TPSA) is 104 Å². The molecule has 0 aliphatic carbocycles. The Morgan fingerprint density at radius 1 is 1.16 bits per heavy atom. The highest BCUT2D eigenvalue weighted by Crippen LogP contribution is 2.33. The predicted molar refractivity (Wildman–Crippen MR) is 124 cm³/mol. The molecule has 0 saturated carbocycles. The van der Waals surface area contributed by atoms with Crippen LogP contribution in [0.5, 0.6) is 0 Å². The second-order valence-electron chi connectivity index (χ2n) is 6.83. The first-order valence-corrected chi connectivity index (χ1v) is 12.2. The molecule has 0 spiro atoms. The van der Waals surface area contributed by atoms with Gasteiger partial charge in [0.15, 0.2) is 5.13 Å². The standard InChI is InChI=1S/C21H19ClN4O3S2/c1-13-20(14-6-2-4-8-16(14)24-13)17-12-30-21(25-17)26-19(27)10-11-23-31(28,29)18-9-5-3-7-15(18)22/h2-9,12,23-24H,10-11H2,1H3,(H,25,26,27). The van der Waals surface area contributed by atoms with Crippen molar-refractivity contribution < 1.29 is 13.2 Å². The number of rotatable bonds is 7. The first kappa shape index (κ1) is 21.5. The van der Waals surface area contributed by atoms with Crippen LogP contribution in [0.4, 0.5) is 5.13 Å². The number of para-hydroxylation sites is 1. The second kappa shape index (κ2) is 8.80. The van der Waals surface area contributed by atoms with Gasteiger partial charge >= 0.3 is 0 Å². The molecular formula is C21H19ClN4O3S2. The number of fused-ring (bicyclic) bond motifs is 1. The van der Waals surface area contributed by atoms with Crippen molar-refractivity contribution in [2.75, 3.05) is 11.9 Å². The van der Waals surface area contributed by atoms with Crippen molar-refractivity contribution >= 4 is 54.9 Å². The summed E-state index contributed by atoms with van der Waals surface area (Å²) in [6.07, 6.45) is -0.0370. The van der Waals surface area contributed by atoms with Gasteiger partial charge in [-0.3, -0.25) is 4.79 Å². The van der Waals surface area contributed by atoms with E-state index < -0.39 is 10.0 Å². The summed E-state index contributed by atoms with van der Waals surface area (Å²) in [5.41, 5.74) is 3.80. The number of benzene rings is 2. The number of aromatic amines is 1. The summed E-state index contributed by atoms with van der Waals surface area (Å²) in [5, 5.41) is 6.26. The van der Waals surface area contributed by atoms with Crippen molar-refractivity contribution in [1.82, 2.24) is 14.7 Å². The van der Waals surface area contributed by atoms with E-state index in [-0.39, 0.29) is 28.8 Å². The van der Waals surface area contributed by atoms with Crippen LogP contribution >= 0.6 is 22.9 Å². The summed E-state index contributed by atoms with van der Waals surface area (Å²) >= 11 is 7.26. The highest BCUT2D eigenvalue weighted by atomic mass is 35.5. The number of hydrogen-bond donors (Lipinski definition) is 3. The lowest BCUT2D eigenvalue weighted by Gasteiger charge is -2.08. The molecule has 0 bridgehead atoms. The van der Waals surface area contributed by atoms with Crippen molar-refractivity contribution in [3.63, 3.8) is 0 Å². The number of nitrogens with one attached hydrogen (secondary N) is 3. The Hall–Kier alpha value is -2.72. The number of halogens is 1. The number of sulfonamides is 1. The summed E-state index contributed by atoms with van der Waals surface area (Å²) in [5.74, 6) is -0.335. The van der Waals surface area contributed by atoms with Gasteiger partial charge in [-0.05, 0) is 25.1 Å². The van der Waals surface area contributed by atoms with E-state index in [2.05, 4.69) is 20.0 Å². The third-order valence-electron chi connectivity index (χ3n) is 4.67. The number of aromatic nitrogens is 2. The van der Waals surface area contributed by atoms with E-state index in [1.807, 2.05) is 36.6 Å². The van der Waals surface area contributed by atoms with Gasteiger partial charge in [-0.1, -0.05) is 41.9 Å². The Morgan fingerprint density at radius 2 is 1.90 bits per heavy atom. The average Bonchev–Trinajstić information content (AvgIpc) is 3.30. The molecule has 10 heteroatoms. The number of aryl methyl sites for hydroxylation is 1.